The second-order valence-corrected chi connectivity index (χ2v) is 5.94. The van der Waals surface area contributed by atoms with Crippen LogP contribution in [0.25, 0.3) is 0 Å². The van der Waals surface area contributed by atoms with Crippen LogP contribution in [-0.2, 0) is 10.3 Å². The zero-order valence-corrected chi connectivity index (χ0v) is 13.0. The number of hydrogen-bond donors (Lipinski definition) is 1. The molecule has 1 N–H and O–H groups in total. The van der Waals surface area contributed by atoms with Gasteiger partial charge in [0.2, 0.25) is 0 Å². The van der Waals surface area contributed by atoms with E-state index in [1.165, 1.54) is 13.3 Å². The molecule has 7 heteroatoms. The van der Waals surface area contributed by atoms with Crippen molar-refractivity contribution in [3.8, 4) is 0 Å². The zero-order chi connectivity index (χ0) is 16.3. The number of anilines is 1. The zero-order valence-electron chi connectivity index (χ0n) is 13.0. The van der Waals surface area contributed by atoms with E-state index >= 15 is 0 Å². The van der Waals surface area contributed by atoms with Crippen LogP contribution < -0.4 is 5.32 Å². The molecule has 0 bridgehead atoms. The fourth-order valence-electron chi connectivity index (χ4n) is 3.12. The smallest absolute Gasteiger partial charge is 0.252 e. The Labute approximate surface area is 134 Å². The molecule has 0 radical (unpaired) electrons. The molecule has 0 atom stereocenters. The van der Waals surface area contributed by atoms with Crippen LogP contribution in [-0.4, -0.2) is 31.9 Å². The maximum atomic E-state index is 13.0. The number of nitrogens with zero attached hydrogens (tertiary/aromatic N) is 4. The fraction of sp³-hybridized carbons (Fsp3) is 0.438. The number of hydrogen-bond acceptors (Lipinski definition) is 5. The predicted octanol–water partition coefficient (Wildman–Crippen LogP) is 2.17. The third-order valence-electron chi connectivity index (χ3n) is 4.42. The fourth-order valence-corrected chi connectivity index (χ4v) is 3.12. The van der Waals surface area contributed by atoms with E-state index in [1.807, 2.05) is 0 Å². The predicted molar refractivity (Wildman–Crippen MR) is 84.0 cm³/mol. The standard InChI is InChI=1S/C16H19N5O2/c1-12(22)13-6-5-7-14(10-13)18-15(23)16(8-3-2-4-9-16)21-11-17-19-20-21/h5-7,10-11H,2-4,8-9H2,1H3,(H,18,23). The molecule has 1 aromatic carbocycles. The number of benzene rings is 1. The summed E-state index contributed by atoms with van der Waals surface area (Å²) in [4.78, 5) is 24.4. The Morgan fingerprint density at radius 2 is 2.00 bits per heavy atom. The Morgan fingerprint density at radius 1 is 1.22 bits per heavy atom. The van der Waals surface area contributed by atoms with Crippen molar-refractivity contribution in [2.24, 2.45) is 0 Å². The quantitative estimate of drug-likeness (QED) is 0.874. The molecule has 1 fully saturated rings. The molecule has 3 rings (SSSR count). The summed E-state index contributed by atoms with van der Waals surface area (Å²) in [7, 11) is 0. The molecule has 7 nitrogen and oxygen atoms in total. The summed E-state index contributed by atoms with van der Waals surface area (Å²) in [5.41, 5.74) is 0.428. The van der Waals surface area contributed by atoms with Crippen molar-refractivity contribution in [2.45, 2.75) is 44.6 Å². The number of ketones is 1. The van der Waals surface area contributed by atoms with Gasteiger partial charge < -0.3 is 5.32 Å². The van der Waals surface area contributed by atoms with Gasteiger partial charge >= 0.3 is 0 Å². The lowest BCUT2D eigenvalue weighted by Gasteiger charge is -2.35. The molecule has 0 unspecified atom stereocenters. The molecular formula is C16H19N5O2. The van der Waals surface area contributed by atoms with E-state index in [2.05, 4.69) is 20.8 Å². The summed E-state index contributed by atoms with van der Waals surface area (Å²) in [6.45, 7) is 1.50. The van der Waals surface area contributed by atoms with Crippen LogP contribution in [0.2, 0.25) is 0 Å². The topological polar surface area (TPSA) is 89.8 Å². The third kappa shape index (κ3) is 2.99. The first-order valence-corrected chi connectivity index (χ1v) is 7.78. The average molecular weight is 313 g/mol. The number of amides is 1. The number of tetrazole rings is 1. The SMILES string of the molecule is CC(=O)c1cccc(NC(=O)C2(n3cnnn3)CCCCC2)c1. The maximum absolute atomic E-state index is 13.0. The number of carbonyl (C=O) groups is 2. The van der Waals surface area contributed by atoms with Crippen molar-refractivity contribution in [1.82, 2.24) is 20.2 Å². The van der Waals surface area contributed by atoms with E-state index in [0.29, 0.717) is 24.1 Å². The molecular weight excluding hydrogens is 294 g/mol. The van der Waals surface area contributed by atoms with Crippen molar-refractivity contribution in [3.63, 3.8) is 0 Å². The highest BCUT2D eigenvalue weighted by molar-refractivity contribution is 5.99. The summed E-state index contributed by atoms with van der Waals surface area (Å²) >= 11 is 0. The molecule has 2 aromatic rings. The van der Waals surface area contributed by atoms with E-state index in [4.69, 9.17) is 0 Å². The minimum atomic E-state index is -0.756. The van der Waals surface area contributed by atoms with E-state index in [0.717, 1.165) is 19.3 Å². The highest BCUT2D eigenvalue weighted by Crippen LogP contribution is 2.35. The first kappa shape index (κ1) is 15.3. The van der Waals surface area contributed by atoms with E-state index < -0.39 is 5.54 Å². The van der Waals surface area contributed by atoms with Crippen LogP contribution in [0.5, 0.6) is 0 Å². The largest absolute Gasteiger partial charge is 0.324 e. The molecule has 120 valence electrons. The van der Waals surface area contributed by atoms with Crippen LogP contribution >= 0.6 is 0 Å². The molecule has 1 aromatic heterocycles. The third-order valence-corrected chi connectivity index (χ3v) is 4.42. The van der Waals surface area contributed by atoms with Crippen molar-refractivity contribution in [1.29, 1.82) is 0 Å². The van der Waals surface area contributed by atoms with Gasteiger partial charge in [-0.05, 0) is 42.3 Å². The second-order valence-electron chi connectivity index (χ2n) is 5.94. The number of Topliss-reactive ketones (excluding diaryl/α,β-unsaturated/α-hetero) is 1. The Bertz CT molecular complexity index is 705. The minimum absolute atomic E-state index is 0.0334. The van der Waals surface area contributed by atoms with Crippen LogP contribution in [0, 0.1) is 0 Å². The first-order valence-electron chi connectivity index (χ1n) is 7.78. The lowest BCUT2D eigenvalue weighted by atomic mass is 9.81. The molecule has 0 spiro atoms. The Kier molecular flexibility index (Phi) is 4.18. The maximum Gasteiger partial charge on any atom is 0.252 e. The van der Waals surface area contributed by atoms with Crippen LogP contribution in [0.15, 0.2) is 30.6 Å². The van der Waals surface area contributed by atoms with Gasteiger partial charge in [-0.2, -0.15) is 0 Å². The van der Waals surface area contributed by atoms with Gasteiger partial charge in [0.05, 0.1) is 0 Å². The Morgan fingerprint density at radius 3 is 2.65 bits per heavy atom. The van der Waals surface area contributed by atoms with E-state index in [-0.39, 0.29) is 11.7 Å². The molecule has 1 heterocycles. The number of carbonyl (C=O) groups excluding carboxylic acids is 2. The highest BCUT2D eigenvalue weighted by Gasteiger charge is 2.42. The number of rotatable bonds is 4. The Hall–Kier alpha value is -2.57. The number of nitrogens with one attached hydrogen (secondary N) is 1. The highest BCUT2D eigenvalue weighted by atomic mass is 16.2. The van der Waals surface area contributed by atoms with Crippen LogP contribution in [0.4, 0.5) is 5.69 Å². The van der Waals surface area contributed by atoms with Gasteiger partial charge in [-0.3, -0.25) is 9.59 Å². The van der Waals surface area contributed by atoms with Crippen molar-refractivity contribution in [2.75, 3.05) is 5.32 Å². The minimum Gasteiger partial charge on any atom is -0.324 e. The normalized spacial score (nSPS) is 16.7. The average Bonchev–Trinajstić information content (AvgIpc) is 3.10. The van der Waals surface area contributed by atoms with Gasteiger partial charge in [-0.15, -0.1) is 5.10 Å². The van der Waals surface area contributed by atoms with Crippen molar-refractivity contribution in [3.05, 3.63) is 36.2 Å². The molecule has 1 amide bonds. The van der Waals surface area contributed by atoms with Gasteiger partial charge in [-0.25, -0.2) is 4.68 Å². The summed E-state index contributed by atoms with van der Waals surface area (Å²) in [6, 6.07) is 6.96. The lowest BCUT2D eigenvalue weighted by Crippen LogP contribution is -2.47. The monoisotopic (exact) mass is 313 g/mol. The number of aromatic nitrogens is 4. The van der Waals surface area contributed by atoms with E-state index in [1.54, 1.807) is 28.9 Å². The molecule has 1 aliphatic rings. The molecule has 23 heavy (non-hydrogen) atoms. The molecule has 0 aliphatic heterocycles. The second kappa shape index (κ2) is 6.28. The van der Waals surface area contributed by atoms with Crippen molar-refractivity contribution >= 4 is 17.4 Å². The molecule has 0 saturated heterocycles. The van der Waals surface area contributed by atoms with Gasteiger partial charge in [0.15, 0.2) is 5.78 Å². The van der Waals surface area contributed by atoms with Gasteiger partial charge in [0.25, 0.3) is 5.91 Å². The first-order chi connectivity index (χ1) is 11.1. The van der Waals surface area contributed by atoms with E-state index in [9.17, 15) is 9.59 Å². The van der Waals surface area contributed by atoms with Crippen LogP contribution in [0.1, 0.15) is 49.4 Å². The molecule has 1 aliphatic carbocycles. The van der Waals surface area contributed by atoms with Gasteiger partial charge in [0, 0.05) is 11.3 Å². The molecule has 1 saturated carbocycles. The summed E-state index contributed by atoms with van der Waals surface area (Å²) < 4.78 is 1.57. The van der Waals surface area contributed by atoms with Gasteiger partial charge in [0.1, 0.15) is 11.9 Å². The summed E-state index contributed by atoms with van der Waals surface area (Å²) in [6.07, 6.45) is 5.93. The van der Waals surface area contributed by atoms with Crippen molar-refractivity contribution < 1.29 is 9.59 Å². The van der Waals surface area contributed by atoms with Gasteiger partial charge in [-0.1, -0.05) is 31.4 Å². The summed E-state index contributed by atoms with van der Waals surface area (Å²) in [5.74, 6) is -0.167. The lowest BCUT2D eigenvalue weighted by molar-refractivity contribution is -0.126. The Balaban J connectivity index is 1.87. The van der Waals surface area contributed by atoms with Crippen LogP contribution in [0.3, 0.4) is 0 Å². The summed E-state index contributed by atoms with van der Waals surface area (Å²) in [5, 5.41) is 14.2.